The third kappa shape index (κ3) is 3.16. The van der Waals surface area contributed by atoms with Gasteiger partial charge in [0.25, 0.3) is 0 Å². The molecule has 116 valence electrons. The standard InChI is InChI=1S/C19H24N2O/c1-14-13-21(15(2)12-20-14)19(16-7-4-3-5-8-16)17-9-6-10-18(22)11-17/h3-11,14-15,19-20,22H,12-13H2,1-2H3/t14-,15+,19-/m1/s1. The van der Waals surface area contributed by atoms with Crippen LogP contribution in [0.1, 0.15) is 31.0 Å². The normalized spacial score (nSPS) is 24.1. The predicted molar refractivity (Wildman–Crippen MR) is 90.0 cm³/mol. The van der Waals surface area contributed by atoms with Gasteiger partial charge in [0.1, 0.15) is 5.75 Å². The highest BCUT2D eigenvalue weighted by molar-refractivity contribution is 5.36. The van der Waals surface area contributed by atoms with E-state index in [0.29, 0.717) is 17.8 Å². The van der Waals surface area contributed by atoms with Gasteiger partial charge in [0.15, 0.2) is 0 Å². The SMILES string of the molecule is C[C@@H]1CN([C@H](c2ccccc2)c2cccc(O)c2)[C@@H](C)CN1. The fourth-order valence-electron chi connectivity index (χ4n) is 3.32. The molecule has 0 amide bonds. The number of phenolic OH excluding ortho intramolecular Hbond substituents is 1. The molecule has 1 fully saturated rings. The number of hydrogen-bond donors (Lipinski definition) is 2. The van der Waals surface area contributed by atoms with E-state index in [4.69, 9.17) is 0 Å². The number of hydrogen-bond acceptors (Lipinski definition) is 3. The summed E-state index contributed by atoms with van der Waals surface area (Å²) in [5.74, 6) is 0.328. The molecule has 0 bridgehead atoms. The van der Waals surface area contributed by atoms with Crippen LogP contribution in [-0.2, 0) is 0 Å². The lowest BCUT2D eigenvalue weighted by atomic mass is 9.94. The fraction of sp³-hybridized carbons (Fsp3) is 0.368. The molecule has 1 saturated heterocycles. The Bertz CT molecular complexity index is 614. The van der Waals surface area contributed by atoms with Gasteiger partial charge >= 0.3 is 0 Å². The number of aromatic hydroxyl groups is 1. The summed E-state index contributed by atoms with van der Waals surface area (Å²) in [5, 5.41) is 13.4. The molecule has 1 heterocycles. The minimum Gasteiger partial charge on any atom is -0.508 e. The summed E-state index contributed by atoms with van der Waals surface area (Å²) in [6.07, 6.45) is 0. The summed E-state index contributed by atoms with van der Waals surface area (Å²) in [4.78, 5) is 2.53. The number of nitrogens with zero attached hydrogens (tertiary/aromatic N) is 1. The van der Waals surface area contributed by atoms with Crippen molar-refractivity contribution in [2.24, 2.45) is 0 Å². The van der Waals surface area contributed by atoms with Crippen LogP contribution in [0.5, 0.6) is 5.75 Å². The zero-order valence-corrected chi connectivity index (χ0v) is 13.2. The topological polar surface area (TPSA) is 35.5 Å². The van der Waals surface area contributed by atoms with Crippen molar-refractivity contribution in [1.82, 2.24) is 10.2 Å². The molecular weight excluding hydrogens is 272 g/mol. The van der Waals surface area contributed by atoms with E-state index in [1.165, 1.54) is 5.56 Å². The van der Waals surface area contributed by atoms with Crippen molar-refractivity contribution in [3.63, 3.8) is 0 Å². The van der Waals surface area contributed by atoms with E-state index in [0.717, 1.165) is 18.7 Å². The molecule has 2 aromatic rings. The molecule has 2 N–H and O–H groups in total. The zero-order chi connectivity index (χ0) is 15.5. The maximum Gasteiger partial charge on any atom is 0.115 e. The van der Waals surface area contributed by atoms with Crippen molar-refractivity contribution < 1.29 is 5.11 Å². The van der Waals surface area contributed by atoms with Crippen molar-refractivity contribution in [2.75, 3.05) is 13.1 Å². The minimum absolute atomic E-state index is 0.174. The smallest absolute Gasteiger partial charge is 0.115 e. The third-order valence-corrected chi connectivity index (χ3v) is 4.45. The average Bonchev–Trinajstić information content (AvgIpc) is 2.52. The van der Waals surface area contributed by atoms with E-state index in [9.17, 15) is 5.11 Å². The first-order chi connectivity index (χ1) is 10.6. The molecule has 1 aliphatic heterocycles. The molecule has 0 aliphatic carbocycles. The van der Waals surface area contributed by atoms with Crippen molar-refractivity contribution in [3.8, 4) is 5.75 Å². The van der Waals surface area contributed by atoms with Gasteiger partial charge in [0.05, 0.1) is 6.04 Å². The van der Waals surface area contributed by atoms with Crippen LogP contribution >= 0.6 is 0 Å². The van der Waals surface area contributed by atoms with E-state index in [1.54, 1.807) is 6.07 Å². The Hall–Kier alpha value is -1.84. The zero-order valence-electron chi connectivity index (χ0n) is 13.2. The lowest BCUT2D eigenvalue weighted by Crippen LogP contribution is -2.55. The number of rotatable bonds is 3. The molecule has 3 nitrogen and oxygen atoms in total. The van der Waals surface area contributed by atoms with Crippen LogP contribution in [0.15, 0.2) is 54.6 Å². The molecule has 3 rings (SSSR count). The third-order valence-electron chi connectivity index (χ3n) is 4.45. The average molecular weight is 296 g/mol. The second-order valence-electron chi connectivity index (χ2n) is 6.26. The number of phenols is 1. The molecule has 0 unspecified atom stereocenters. The van der Waals surface area contributed by atoms with E-state index >= 15 is 0 Å². The van der Waals surface area contributed by atoms with E-state index in [-0.39, 0.29) is 6.04 Å². The molecule has 22 heavy (non-hydrogen) atoms. The Balaban J connectivity index is 2.03. The fourth-order valence-corrected chi connectivity index (χ4v) is 3.32. The minimum atomic E-state index is 0.174. The van der Waals surface area contributed by atoms with Crippen LogP contribution in [0.3, 0.4) is 0 Å². The van der Waals surface area contributed by atoms with Gasteiger partial charge in [0.2, 0.25) is 0 Å². The molecule has 0 spiro atoms. The Morgan fingerprint density at radius 3 is 2.50 bits per heavy atom. The summed E-state index contributed by atoms with van der Waals surface area (Å²) >= 11 is 0. The number of piperazine rings is 1. The molecular formula is C19H24N2O. The maximum atomic E-state index is 9.89. The summed E-state index contributed by atoms with van der Waals surface area (Å²) in [5.41, 5.74) is 2.42. The van der Waals surface area contributed by atoms with Crippen molar-refractivity contribution >= 4 is 0 Å². The van der Waals surface area contributed by atoms with Crippen molar-refractivity contribution in [2.45, 2.75) is 32.0 Å². The van der Waals surface area contributed by atoms with E-state index in [1.807, 2.05) is 18.2 Å². The first-order valence-corrected chi connectivity index (χ1v) is 7.98. The lowest BCUT2D eigenvalue weighted by Gasteiger charge is -2.43. The van der Waals surface area contributed by atoms with E-state index < -0.39 is 0 Å². The first-order valence-electron chi connectivity index (χ1n) is 7.98. The van der Waals surface area contributed by atoms with Crippen LogP contribution in [0.2, 0.25) is 0 Å². The van der Waals surface area contributed by atoms with Gasteiger partial charge < -0.3 is 10.4 Å². The highest BCUT2D eigenvalue weighted by atomic mass is 16.3. The number of nitrogens with one attached hydrogen (secondary N) is 1. The summed E-state index contributed by atoms with van der Waals surface area (Å²) in [6, 6.07) is 19.3. The van der Waals surface area contributed by atoms with Crippen molar-refractivity contribution in [3.05, 3.63) is 65.7 Å². The lowest BCUT2D eigenvalue weighted by molar-refractivity contribution is 0.113. The Morgan fingerprint density at radius 2 is 1.77 bits per heavy atom. The largest absolute Gasteiger partial charge is 0.508 e. The summed E-state index contributed by atoms with van der Waals surface area (Å²) in [7, 11) is 0. The maximum absolute atomic E-state index is 9.89. The van der Waals surface area contributed by atoms with Gasteiger partial charge in [-0.3, -0.25) is 4.90 Å². The van der Waals surface area contributed by atoms with Crippen LogP contribution in [-0.4, -0.2) is 35.2 Å². The first kappa shape index (κ1) is 15.1. The molecule has 0 aromatic heterocycles. The molecule has 0 saturated carbocycles. The van der Waals surface area contributed by atoms with Crippen LogP contribution in [0.4, 0.5) is 0 Å². The quantitative estimate of drug-likeness (QED) is 0.913. The molecule has 3 heteroatoms. The second-order valence-corrected chi connectivity index (χ2v) is 6.26. The van der Waals surface area contributed by atoms with Gasteiger partial charge in [0, 0.05) is 25.2 Å². The summed E-state index contributed by atoms with van der Waals surface area (Å²) < 4.78 is 0. The second kappa shape index (κ2) is 6.51. The molecule has 3 atom stereocenters. The number of benzene rings is 2. The van der Waals surface area contributed by atoms with Gasteiger partial charge in [-0.1, -0.05) is 42.5 Å². The molecule has 1 aliphatic rings. The summed E-state index contributed by atoms with van der Waals surface area (Å²) in [6.45, 7) is 6.47. The Labute approximate surface area is 132 Å². The van der Waals surface area contributed by atoms with E-state index in [2.05, 4.69) is 54.4 Å². The van der Waals surface area contributed by atoms with Crippen molar-refractivity contribution in [1.29, 1.82) is 0 Å². The van der Waals surface area contributed by atoms with Gasteiger partial charge in [-0.05, 0) is 37.1 Å². The van der Waals surface area contributed by atoms with Crippen LogP contribution in [0.25, 0.3) is 0 Å². The highest BCUT2D eigenvalue weighted by Gasteiger charge is 2.30. The van der Waals surface area contributed by atoms with Crippen LogP contribution in [0, 0.1) is 0 Å². The van der Waals surface area contributed by atoms with Gasteiger partial charge in [-0.25, -0.2) is 0 Å². The Kier molecular flexibility index (Phi) is 4.46. The van der Waals surface area contributed by atoms with Crippen LogP contribution < -0.4 is 5.32 Å². The highest BCUT2D eigenvalue weighted by Crippen LogP contribution is 2.32. The van der Waals surface area contributed by atoms with Gasteiger partial charge in [-0.15, -0.1) is 0 Å². The Morgan fingerprint density at radius 1 is 1.05 bits per heavy atom. The molecule has 0 radical (unpaired) electrons. The molecule has 2 aromatic carbocycles. The van der Waals surface area contributed by atoms with Gasteiger partial charge in [-0.2, -0.15) is 0 Å². The monoisotopic (exact) mass is 296 g/mol. The predicted octanol–water partition coefficient (Wildman–Crippen LogP) is 3.16.